The summed E-state index contributed by atoms with van der Waals surface area (Å²) < 4.78 is 0. The maximum Gasteiger partial charge on any atom is 0.317 e. The number of hydrogen-bond donors (Lipinski definition) is 2. The van der Waals surface area contributed by atoms with E-state index in [2.05, 4.69) is 10.6 Å². The van der Waals surface area contributed by atoms with Crippen LogP contribution in [-0.2, 0) is 4.79 Å². The van der Waals surface area contributed by atoms with Gasteiger partial charge in [-0.3, -0.25) is 9.79 Å². The van der Waals surface area contributed by atoms with E-state index in [1.165, 1.54) is 0 Å². The molecule has 3 aliphatic rings. The first-order valence-electron chi connectivity index (χ1n) is 9.02. The molecule has 0 aromatic heterocycles. The van der Waals surface area contributed by atoms with Crippen molar-refractivity contribution >= 4 is 17.8 Å². The van der Waals surface area contributed by atoms with Gasteiger partial charge >= 0.3 is 6.03 Å². The van der Waals surface area contributed by atoms with Crippen LogP contribution in [0.5, 0.6) is 0 Å². The maximum atomic E-state index is 12.8. The molecule has 0 bridgehead atoms. The van der Waals surface area contributed by atoms with Gasteiger partial charge in [-0.15, -0.1) is 0 Å². The smallest absolute Gasteiger partial charge is 0.317 e. The monoisotopic (exact) mass is 340 g/mol. The van der Waals surface area contributed by atoms with Crippen molar-refractivity contribution in [1.82, 2.24) is 15.5 Å². The van der Waals surface area contributed by atoms with Crippen molar-refractivity contribution in [1.29, 1.82) is 0 Å². The summed E-state index contributed by atoms with van der Waals surface area (Å²) in [5, 5.41) is 5.93. The van der Waals surface area contributed by atoms with Gasteiger partial charge in [0, 0.05) is 30.6 Å². The van der Waals surface area contributed by atoms with Gasteiger partial charge in [-0.05, 0) is 32.6 Å². The number of rotatable bonds is 2. The minimum absolute atomic E-state index is 0.00929. The van der Waals surface area contributed by atoms with Crippen molar-refractivity contribution in [3.63, 3.8) is 0 Å². The number of nitrogens with zero attached hydrogens (tertiary/aromatic N) is 2. The van der Waals surface area contributed by atoms with Crippen molar-refractivity contribution in [3.05, 3.63) is 35.9 Å². The van der Waals surface area contributed by atoms with Crippen LogP contribution < -0.4 is 10.6 Å². The van der Waals surface area contributed by atoms with Crippen molar-refractivity contribution in [2.75, 3.05) is 13.1 Å². The van der Waals surface area contributed by atoms with Gasteiger partial charge in [-0.25, -0.2) is 4.79 Å². The summed E-state index contributed by atoms with van der Waals surface area (Å²) in [6.07, 6.45) is 1.71. The summed E-state index contributed by atoms with van der Waals surface area (Å²) in [7, 11) is 0. The van der Waals surface area contributed by atoms with E-state index in [9.17, 15) is 9.59 Å². The zero-order valence-electron chi connectivity index (χ0n) is 14.7. The number of amides is 3. The molecule has 2 N–H and O–H groups in total. The molecule has 1 saturated heterocycles. The molecule has 2 aliphatic heterocycles. The molecule has 0 radical (unpaired) electrons. The lowest BCUT2D eigenvalue weighted by molar-refractivity contribution is -0.124. The van der Waals surface area contributed by atoms with Crippen molar-refractivity contribution in [2.45, 2.75) is 38.3 Å². The fourth-order valence-corrected chi connectivity index (χ4v) is 4.45. The Morgan fingerprint density at radius 2 is 2.08 bits per heavy atom. The standard InChI is InChI=1S/C19H24N4O2/c1-12(2)20-18(25)23-10-14-8-9-19(15(14)11-23)17(24)21-16(22-19)13-6-4-3-5-7-13/h3-7,12,14-15H,8-11H2,1-2H3,(H,20,25)(H,21,22,24)/t14-,15+,19-/m0/s1. The van der Waals surface area contributed by atoms with Crippen molar-refractivity contribution in [2.24, 2.45) is 16.8 Å². The van der Waals surface area contributed by atoms with E-state index < -0.39 is 5.54 Å². The van der Waals surface area contributed by atoms with Gasteiger partial charge in [0.2, 0.25) is 0 Å². The number of nitrogens with one attached hydrogen (secondary N) is 2. The van der Waals surface area contributed by atoms with Crippen molar-refractivity contribution < 1.29 is 9.59 Å². The predicted molar refractivity (Wildman–Crippen MR) is 95.3 cm³/mol. The number of fused-ring (bicyclic) bond motifs is 2. The number of hydrogen-bond acceptors (Lipinski definition) is 3. The Balaban J connectivity index is 1.58. The zero-order valence-corrected chi connectivity index (χ0v) is 14.7. The van der Waals surface area contributed by atoms with E-state index in [0.29, 0.717) is 24.8 Å². The molecule has 0 unspecified atom stereocenters. The van der Waals surface area contributed by atoms with E-state index in [0.717, 1.165) is 18.4 Å². The number of benzene rings is 1. The van der Waals surface area contributed by atoms with Gasteiger partial charge < -0.3 is 15.5 Å². The van der Waals surface area contributed by atoms with Crippen LogP contribution in [0.3, 0.4) is 0 Å². The van der Waals surface area contributed by atoms with Gasteiger partial charge in [-0.2, -0.15) is 0 Å². The highest BCUT2D eigenvalue weighted by Crippen LogP contribution is 2.49. The van der Waals surface area contributed by atoms with Gasteiger partial charge in [0.05, 0.1) is 0 Å². The Morgan fingerprint density at radius 1 is 1.32 bits per heavy atom. The summed E-state index contributed by atoms with van der Waals surface area (Å²) >= 11 is 0. The first-order chi connectivity index (χ1) is 12.0. The van der Waals surface area contributed by atoms with E-state index in [4.69, 9.17) is 4.99 Å². The first kappa shape index (κ1) is 16.1. The molecular weight excluding hydrogens is 316 g/mol. The van der Waals surface area contributed by atoms with E-state index in [1.54, 1.807) is 0 Å². The summed E-state index contributed by atoms with van der Waals surface area (Å²) in [6.45, 7) is 5.23. The molecule has 2 fully saturated rings. The van der Waals surface area contributed by atoms with Crippen LogP contribution in [0, 0.1) is 11.8 Å². The normalized spacial score (nSPS) is 30.6. The summed E-state index contributed by atoms with van der Waals surface area (Å²) in [4.78, 5) is 31.9. The van der Waals surface area contributed by atoms with E-state index in [-0.39, 0.29) is 23.9 Å². The van der Waals surface area contributed by atoms with E-state index >= 15 is 0 Å². The molecular formula is C19H24N4O2. The molecule has 1 aliphatic carbocycles. The molecule has 3 amide bonds. The highest BCUT2D eigenvalue weighted by molar-refractivity contribution is 6.15. The lowest BCUT2D eigenvalue weighted by Gasteiger charge is -2.26. The third-order valence-electron chi connectivity index (χ3n) is 5.63. The number of carbonyl (C=O) groups excluding carboxylic acids is 2. The van der Waals surface area contributed by atoms with Crippen LogP contribution in [0.4, 0.5) is 4.79 Å². The maximum absolute atomic E-state index is 12.8. The number of likely N-dealkylation sites (tertiary alicyclic amines) is 1. The van der Waals surface area contributed by atoms with Crippen LogP contribution in [-0.4, -0.2) is 47.3 Å². The van der Waals surface area contributed by atoms with Crippen LogP contribution in [0.1, 0.15) is 32.3 Å². The number of aliphatic imine (C=N–C) groups is 1. The predicted octanol–water partition coefficient (Wildman–Crippen LogP) is 1.76. The lowest BCUT2D eigenvalue weighted by Crippen LogP contribution is -2.47. The second-order valence-electron chi connectivity index (χ2n) is 7.62. The molecule has 6 heteroatoms. The summed E-state index contributed by atoms with van der Waals surface area (Å²) in [6, 6.07) is 9.83. The van der Waals surface area contributed by atoms with E-state index in [1.807, 2.05) is 49.1 Å². The number of amidine groups is 1. The number of urea groups is 1. The topological polar surface area (TPSA) is 73.8 Å². The lowest BCUT2D eigenvalue weighted by atomic mass is 9.85. The third kappa shape index (κ3) is 2.60. The summed E-state index contributed by atoms with van der Waals surface area (Å²) in [5.74, 6) is 1.11. The Morgan fingerprint density at radius 3 is 2.80 bits per heavy atom. The largest absolute Gasteiger partial charge is 0.336 e. The zero-order chi connectivity index (χ0) is 17.6. The Bertz CT molecular complexity index is 730. The first-order valence-corrected chi connectivity index (χ1v) is 9.02. The van der Waals surface area contributed by atoms with Gasteiger partial charge in [0.15, 0.2) is 0 Å². The fraction of sp³-hybridized carbons (Fsp3) is 0.526. The van der Waals surface area contributed by atoms with Crippen molar-refractivity contribution in [3.8, 4) is 0 Å². The molecule has 1 aromatic carbocycles. The minimum Gasteiger partial charge on any atom is -0.336 e. The second-order valence-corrected chi connectivity index (χ2v) is 7.62. The average Bonchev–Trinajstić information content (AvgIpc) is 3.24. The van der Waals surface area contributed by atoms with Crippen LogP contribution in [0.2, 0.25) is 0 Å². The minimum atomic E-state index is -0.706. The molecule has 4 rings (SSSR count). The highest BCUT2D eigenvalue weighted by Gasteiger charge is 2.59. The highest BCUT2D eigenvalue weighted by atomic mass is 16.2. The summed E-state index contributed by atoms with van der Waals surface area (Å²) in [5.41, 5.74) is 0.228. The fourth-order valence-electron chi connectivity index (χ4n) is 4.45. The Labute approximate surface area is 147 Å². The molecule has 1 aromatic rings. The molecule has 132 valence electrons. The SMILES string of the molecule is CC(C)NC(=O)N1C[C@@H]2CC[C@]3(N=C(c4ccccc4)NC3=O)[C@@H]2C1. The van der Waals surface area contributed by atoms with Gasteiger partial charge in [-0.1, -0.05) is 30.3 Å². The molecule has 3 atom stereocenters. The third-order valence-corrected chi connectivity index (χ3v) is 5.63. The van der Waals surface area contributed by atoms with Gasteiger partial charge in [0.1, 0.15) is 11.4 Å². The second kappa shape index (κ2) is 5.86. The van der Waals surface area contributed by atoms with Gasteiger partial charge in [0.25, 0.3) is 5.91 Å². The number of carbonyl (C=O) groups is 2. The average molecular weight is 340 g/mol. The molecule has 6 nitrogen and oxygen atoms in total. The Kier molecular flexibility index (Phi) is 3.78. The Hall–Kier alpha value is -2.37. The molecule has 1 saturated carbocycles. The van der Waals surface area contributed by atoms with Crippen LogP contribution in [0.25, 0.3) is 0 Å². The quantitative estimate of drug-likeness (QED) is 0.861. The van der Waals surface area contributed by atoms with Crippen LogP contribution >= 0.6 is 0 Å². The molecule has 2 heterocycles. The molecule has 25 heavy (non-hydrogen) atoms. The molecule has 1 spiro atoms. The van der Waals surface area contributed by atoms with Crippen LogP contribution in [0.15, 0.2) is 35.3 Å².